The Bertz CT molecular complexity index is 529. The van der Waals surface area contributed by atoms with Crippen LogP contribution in [0.25, 0.3) is 0 Å². The lowest BCUT2D eigenvalue weighted by atomic mass is 10.1. The van der Waals surface area contributed by atoms with Crippen LogP contribution in [-0.2, 0) is 16.1 Å². The molecular formula is C15H26N6O2. The Hall–Kier alpha value is -1.96. The second-order valence-corrected chi connectivity index (χ2v) is 6.22. The second kappa shape index (κ2) is 8.05. The van der Waals surface area contributed by atoms with Gasteiger partial charge in [-0.25, -0.2) is 0 Å². The van der Waals surface area contributed by atoms with Gasteiger partial charge in [-0.2, -0.15) is 15.0 Å². The predicted molar refractivity (Wildman–Crippen MR) is 88.5 cm³/mol. The van der Waals surface area contributed by atoms with Gasteiger partial charge in [0, 0.05) is 33.6 Å². The summed E-state index contributed by atoms with van der Waals surface area (Å²) in [4.78, 5) is 29.1. The van der Waals surface area contributed by atoms with Gasteiger partial charge >= 0.3 is 0 Å². The molecule has 1 aromatic rings. The monoisotopic (exact) mass is 322 g/mol. The number of nitrogens with one attached hydrogen (secondary N) is 1. The van der Waals surface area contributed by atoms with E-state index in [-0.39, 0.29) is 5.91 Å². The number of hydrogen-bond donors (Lipinski definition) is 1. The molecule has 0 aromatic carbocycles. The summed E-state index contributed by atoms with van der Waals surface area (Å²) in [5.74, 6) is 2.14. The molecule has 2 rings (SSSR count). The molecule has 1 aromatic heterocycles. The Morgan fingerprint density at radius 3 is 2.57 bits per heavy atom. The molecule has 1 aliphatic rings. The van der Waals surface area contributed by atoms with E-state index in [1.807, 2.05) is 32.8 Å². The van der Waals surface area contributed by atoms with Crippen LogP contribution in [-0.4, -0.2) is 61.3 Å². The Kier molecular flexibility index (Phi) is 6.09. The first kappa shape index (κ1) is 17.4. The molecule has 0 unspecified atom stereocenters. The van der Waals surface area contributed by atoms with Crippen molar-refractivity contribution in [3.05, 3.63) is 5.82 Å². The van der Waals surface area contributed by atoms with Gasteiger partial charge in [0.05, 0.1) is 19.8 Å². The largest absolute Gasteiger partial charge is 0.378 e. The van der Waals surface area contributed by atoms with Crippen LogP contribution in [0.5, 0.6) is 0 Å². The fourth-order valence-corrected chi connectivity index (χ4v) is 2.20. The fourth-order valence-electron chi connectivity index (χ4n) is 2.20. The summed E-state index contributed by atoms with van der Waals surface area (Å²) < 4.78 is 5.36. The highest BCUT2D eigenvalue weighted by Crippen LogP contribution is 2.14. The average Bonchev–Trinajstić information content (AvgIpc) is 2.53. The molecule has 0 aliphatic carbocycles. The van der Waals surface area contributed by atoms with Crippen LogP contribution >= 0.6 is 0 Å². The SMILES string of the molecule is CC(C)CC(=O)NCc1nc(N(C)C)nc(N2CCOCC2)n1. The first-order valence-corrected chi connectivity index (χ1v) is 7.97. The van der Waals surface area contributed by atoms with Gasteiger partial charge in [0.2, 0.25) is 17.8 Å². The average molecular weight is 322 g/mol. The second-order valence-electron chi connectivity index (χ2n) is 6.22. The number of anilines is 2. The number of hydrogen-bond acceptors (Lipinski definition) is 7. The first-order chi connectivity index (χ1) is 11.0. The van der Waals surface area contributed by atoms with Gasteiger partial charge in [-0.1, -0.05) is 13.8 Å². The molecule has 128 valence electrons. The molecule has 1 fully saturated rings. The Morgan fingerprint density at radius 1 is 1.26 bits per heavy atom. The van der Waals surface area contributed by atoms with Crippen LogP contribution in [0.15, 0.2) is 0 Å². The molecule has 23 heavy (non-hydrogen) atoms. The number of carbonyl (C=O) groups is 1. The summed E-state index contributed by atoms with van der Waals surface area (Å²) in [7, 11) is 3.78. The summed E-state index contributed by atoms with van der Waals surface area (Å²) in [5.41, 5.74) is 0. The molecule has 0 saturated carbocycles. The number of morpholine rings is 1. The van der Waals surface area contributed by atoms with Crippen LogP contribution in [0.3, 0.4) is 0 Å². The molecule has 8 nitrogen and oxygen atoms in total. The zero-order valence-electron chi connectivity index (χ0n) is 14.4. The number of rotatable bonds is 6. The molecule has 8 heteroatoms. The van der Waals surface area contributed by atoms with Crippen molar-refractivity contribution >= 4 is 17.8 Å². The number of amides is 1. The molecule has 2 heterocycles. The number of ether oxygens (including phenoxy) is 1. The lowest BCUT2D eigenvalue weighted by Crippen LogP contribution is -2.38. The molecule has 1 N–H and O–H groups in total. The molecular weight excluding hydrogens is 296 g/mol. The minimum absolute atomic E-state index is 0.0136. The molecule has 0 spiro atoms. The van der Waals surface area contributed by atoms with Gasteiger partial charge < -0.3 is 19.9 Å². The Balaban J connectivity index is 2.11. The minimum atomic E-state index is 0.0136. The van der Waals surface area contributed by atoms with Crippen molar-refractivity contribution in [3.63, 3.8) is 0 Å². The van der Waals surface area contributed by atoms with Crippen LogP contribution in [0, 0.1) is 5.92 Å². The van der Waals surface area contributed by atoms with E-state index < -0.39 is 0 Å². The van der Waals surface area contributed by atoms with E-state index in [0.717, 1.165) is 13.1 Å². The smallest absolute Gasteiger partial charge is 0.230 e. The molecule has 0 radical (unpaired) electrons. The van der Waals surface area contributed by atoms with Crippen molar-refractivity contribution < 1.29 is 9.53 Å². The van der Waals surface area contributed by atoms with Crippen LogP contribution in [0.2, 0.25) is 0 Å². The zero-order chi connectivity index (χ0) is 16.8. The molecule has 0 atom stereocenters. The zero-order valence-corrected chi connectivity index (χ0v) is 14.4. The highest BCUT2D eigenvalue weighted by atomic mass is 16.5. The van der Waals surface area contributed by atoms with Crippen LogP contribution in [0.1, 0.15) is 26.1 Å². The third-order valence-electron chi connectivity index (χ3n) is 3.39. The summed E-state index contributed by atoms with van der Waals surface area (Å²) in [5, 5.41) is 2.87. The van der Waals surface area contributed by atoms with Crippen molar-refractivity contribution in [2.75, 3.05) is 50.2 Å². The van der Waals surface area contributed by atoms with E-state index in [0.29, 0.717) is 49.8 Å². The third-order valence-corrected chi connectivity index (χ3v) is 3.39. The lowest BCUT2D eigenvalue weighted by Gasteiger charge is -2.27. The number of aromatic nitrogens is 3. The van der Waals surface area contributed by atoms with Gasteiger partial charge in [-0.05, 0) is 5.92 Å². The van der Waals surface area contributed by atoms with Gasteiger partial charge in [0.1, 0.15) is 0 Å². The summed E-state index contributed by atoms with van der Waals surface area (Å²) >= 11 is 0. The van der Waals surface area contributed by atoms with Crippen molar-refractivity contribution in [2.24, 2.45) is 5.92 Å². The Labute approximate surface area is 137 Å². The molecule has 1 amide bonds. The van der Waals surface area contributed by atoms with E-state index in [9.17, 15) is 4.79 Å². The maximum atomic E-state index is 11.8. The number of carbonyl (C=O) groups excluding carboxylic acids is 1. The van der Waals surface area contributed by atoms with E-state index in [1.54, 1.807) is 0 Å². The summed E-state index contributed by atoms with van der Waals surface area (Å²) in [6, 6.07) is 0. The van der Waals surface area contributed by atoms with E-state index in [2.05, 4.69) is 25.2 Å². The van der Waals surface area contributed by atoms with Gasteiger partial charge in [-0.3, -0.25) is 4.79 Å². The van der Waals surface area contributed by atoms with Gasteiger partial charge in [0.25, 0.3) is 0 Å². The minimum Gasteiger partial charge on any atom is -0.378 e. The number of nitrogens with zero attached hydrogens (tertiary/aromatic N) is 5. The highest BCUT2D eigenvalue weighted by Gasteiger charge is 2.17. The molecule has 1 aliphatic heterocycles. The van der Waals surface area contributed by atoms with Gasteiger partial charge in [0.15, 0.2) is 5.82 Å². The van der Waals surface area contributed by atoms with Gasteiger partial charge in [-0.15, -0.1) is 0 Å². The van der Waals surface area contributed by atoms with E-state index in [4.69, 9.17) is 4.74 Å². The molecule has 1 saturated heterocycles. The fraction of sp³-hybridized carbons (Fsp3) is 0.733. The maximum Gasteiger partial charge on any atom is 0.230 e. The quantitative estimate of drug-likeness (QED) is 0.813. The Morgan fingerprint density at radius 2 is 1.96 bits per heavy atom. The highest BCUT2D eigenvalue weighted by molar-refractivity contribution is 5.75. The van der Waals surface area contributed by atoms with Crippen molar-refractivity contribution in [1.82, 2.24) is 20.3 Å². The topological polar surface area (TPSA) is 83.5 Å². The third kappa shape index (κ3) is 5.31. The predicted octanol–water partition coefficient (Wildman–Crippen LogP) is 0.437. The van der Waals surface area contributed by atoms with E-state index >= 15 is 0 Å². The van der Waals surface area contributed by atoms with Crippen molar-refractivity contribution in [1.29, 1.82) is 0 Å². The van der Waals surface area contributed by atoms with Crippen LogP contribution < -0.4 is 15.1 Å². The van der Waals surface area contributed by atoms with E-state index in [1.165, 1.54) is 0 Å². The van der Waals surface area contributed by atoms with Crippen molar-refractivity contribution in [2.45, 2.75) is 26.8 Å². The standard InChI is InChI=1S/C15H26N6O2/c1-11(2)9-13(22)16-10-12-17-14(20(3)4)19-15(18-12)21-5-7-23-8-6-21/h11H,5-10H2,1-4H3,(H,16,22). The normalized spacial score (nSPS) is 14.9. The van der Waals surface area contributed by atoms with Crippen LogP contribution in [0.4, 0.5) is 11.9 Å². The van der Waals surface area contributed by atoms with Crippen molar-refractivity contribution in [3.8, 4) is 0 Å². The molecule has 0 bridgehead atoms. The first-order valence-electron chi connectivity index (χ1n) is 7.97. The lowest BCUT2D eigenvalue weighted by molar-refractivity contribution is -0.122. The summed E-state index contributed by atoms with van der Waals surface area (Å²) in [6.45, 7) is 7.21. The summed E-state index contributed by atoms with van der Waals surface area (Å²) in [6.07, 6.45) is 0.502. The maximum absolute atomic E-state index is 11.8.